The summed E-state index contributed by atoms with van der Waals surface area (Å²) in [6.45, 7) is 2.74. The summed E-state index contributed by atoms with van der Waals surface area (Å²) in [5.74, 6) is 0. The third kappa shape index (κ3) is 2.35. The molecule has 2 rings (SSSR count). The summed E-state index contributed by atoms with van der Waals surface area (Å²) in [6, 6.07) is 5.53. The van der Waals surface area contributed by atoms with E-state index in [9.17, 15) is 0 Å². The average Bonchev–Trinajstić information content (AvgIpc) is 2.52. The van der Waals surface area contributed by atoms with Crippen LogP contribution in [-0.4, -0.2) is 18.2 Å². The van der Waals surface area contributed by atoms with Crippen LogP contribution < -0.4 is 5.73 Å². The van der Waals surface area contributed by atoms with Crippen LogP contribution in [0.15, 0.2) is 18.2 Å². The fourth-order valence-electron chi connectivity index (χ4n) is 2.05. The lowest BCUT2D eigenvalue weighted by atomic mass is 9.86. The second kappa shape index (κ2) is 4.53. The maximum Gasteiger partial charge on any atom is 0.0730 e. The summed E-state index contributed by atoms with van der Waals surface area (Å²) in [4.78, 5) is 0. The molecule has 1 fully saturated rings. The van der Waals surface area contributed by atoms with E-state index in [4.69, 9.17) is 33.7 Å². The Hall–Kier alpha value is -0.280. The Bertz CT molecular complexity index is 397. The minimum Gasteiger partial charge on any atom is -0.377 e. The number of ether oxygens (including phenoxy) is 1. The van der Waals surface area contributed by atoms with Crippen LogP contribution in [0.2, 0.25) is 10.0 Å². The number of halogens is 2. The normalized spacial score (nSPS) is 29.6. The highest BCUT2D eigenvalue weighted by Crippen LogP contribution is 2.30. The molecule has 0 bridgehead atoms. The molecule has 0 radical (unpaired) electrons. The number of benzene rings is 1. The molecule has 2 atom stereocenters. The van der Waals surface area contributed by atoms with E-state index in [1.54, 1.807) is 6.07 Å². The van der Waals surface area contributed by atoms with Crippen LogP contribution in [0.3, 0.4) is 0 Å². The first-order valence-corrected chi connectivity index (χ1v) is 6.11. The molecule has 16 heavy (non-hydrogen) atoms. The second-order valence-electron chi connectivity index (χ2n) is 4.41. The number of hydrogen-bond donors (Lipinski definition) is 1. The first-order chi connectivity index (χ1) is 7.51. The molecule has 2 N–H and O–H groups in total. The van der Waals surface area contributed by atoms with Crippen LogP contribution in [-0.2, 0) is 11.2 Å². The molecule has 1 aromatic rings. The molecule has 4 heteroatoms. The minimum absolute atomic E-state index is 0.0687. The predicted octanol–water partition coefficient (Wildman–Crippen LogP) is 3.04. The zero-order valence-electron chi connectivity index (χ0n) is 9.17. The van der Waals surface area contributed by atoms with Gasteiger partial charge in [-0.15, -0.1) is 0 Å². The van der Waals surface area contributed by atoms with E-state index >= 15 is 0 Å². The first-order valence-electron chi connectivity index (χ1n) is 5.36. The van der Waals surface area contributed by atoms with Gasteiger partial charge in [0.2, 0.25) is 0 Å². The van der Waals surface area contributed by atoms with Gasteiger partial charge in [-0.3, -0.25) is 0 Å². The van der Waals surface area contributed by atoms with Crippen molar-refractivity contribution < 1.29 is 4.74 Å². The van der Waals surface area contributed by atoms with Gasteiger partial charge in [0.25, 0.3) is 0 Å². The van der Waals surface area contributed by atoms with E-state index < -0.39 is 0 Å². The summed E-state index contributed by atoms with van der Waals surface area (Å²) in [6.07, 6.45) is 1.66. The maximum absolute atomic E-state index is 6.32. The molecular weight excluding hydrogens is 245 g/mol. The molecular formula is C12H15Cl2NO. The molecule has 2 unspecified atom stereocenters. The smallest absolute Gasteiger partial charge is 0.0730 e. The van der Waals surface area contributed by atoms with Crippen molar-refractivity contribution in [1.82, 2.24) is 0 Å². The largest absolute Gasteiger partial charge is 0.377 e. The molecule has 0 aliphatic carbocycles. The standard InChI is InChI=1S/C12H15Cl2NO/c1-8-12(15,4-5-16-8)7-9-2-3-10(13)6-11(9)14/h2-3,6,8H,4-5,7,15H2,1H3. The lowest BCUT2D eigenvalue weighted by Crippen LogP contribution is -2.48. The number of rotatable bonds is 2. The van der Waals surface area contributed by atoms with Crippen molar-refractivity contribution >= 4 is 23.2 Å². The zero-order valence-corrected chi connectivity index (χ0v) is 10.7. The third-order valence-corrected chi connectivity index (χ3v) is 3.87. The highest BCUT2D eigenvalue weighted by atomic mass is 35.5. The fourth-order valence-corrected chi connectivity index (χ4v) is 2.52. The lowest BCUT2D eigenvalue weighted by Gasteiger charge is -2.27. The van der Waals surface area contributed by atoms with E-state index in [2.05, 4.69) is 0 Å². The summed E-state index contributed by atoms with van der Waals surface area (Å²) >= 11 is 12.0. The molecule has 0 amide bonds. The van der Waals surface area contributed by atoms with Crippen molar-refractivity contribution in [3.05, 3.63) is 33.8 Å². The summed E-state index contributed by atoms with van der Waals surface area (Å²) in [5.41, 5.74) is 7.05. The Morgan fingerprint density at radius 1 is 1.50 bits per heavy atom. The van der Waals surface area contributed by atoms with E-state index in [-0.39, 0.29) is 11.6 Å². The van der Waals surface area contributed by atoms with Gasteiger partial charge in [-0.1, -0.05) is 29.3 Å². The van der Waals surface area contributed by atoms with Crippen LogP contribution >= 0.6 is 23.2 Å². The molecule has 1 aliphatic heterocycles. The molecule has 2 nitrogen and oxygen atoms in total. The van der Waals surface area contributed by atoms with Gasteiger partial charge in [-0.05, 0) is 37.5 Å². The first kappa shape index (κ1) is 12.2. The SMILES string of the molecule is CC1OCCC1(N)Cc1ccc(Cl)cc1Cl. The number of hydrogen-bond acceptors (Lipinski definition) is 2. The van der Waals surface area contributed by atoms with Crippen LogP contribution in [0.25, 0.3) is 0 Å². The molecule has 1 aliphatic rings. The zero-order chi connectivity index (χ0) is 11.8. The molecule has 0 spiro atoms. The molecule has 1 aromatic carbocycles. The Labute approximate surface area is 106 Å². The van der Waals surface area contributed by atoms with Gasteiger partial charge >= 0.3 is 0 Å². The Kier molecular flexibility index (Phi) is 3.45. The lowest BCUT2D eigenvalue weighted by molar-refractivity contribution is 0.0955. The minimum atomic E-state index is -0.308. The van der Waals surface area contributed by atoms with Crippen molar-refractivity contribution in [2.75, 3.05) is 6.61 Å². The van der Waals surface area contributed by atoms with E-state index in [0.717, 1.165) is 25.0 Å². The van der Waals surface area contributed by atoms with Crippen molar-refractivity contribution in [2.45, 2.75) is 31.4 Å². The maximum atomic E-state index is 6.32. The van der Waals surface area contributed by atoms with Gasteiger partial charge in [-0.25, -0.2) is 0 Å². The second-order valence-corrected chi connectivity index (χ2v) is 5.25. The molecule has 0 aromatic heterocycles. The summed E-state index contributed by atoms with van der Waals surface area (Å²) in [7, 11) is 0. The summed E-state index contributed by atoms with van der Waals surface area (Å²) < 4.78 is 5.51. The molecule has 88 valence electrons. The third-order valence-electron chi connectivity index (χ3n) is 3.28. The Morgan fingerprint density at radius 3 is 2.81 bits per heavy atom. The van der Waals surface area contributed by atoms with Crippen molar-refractivity contribution in [1.29, 1.82) is 0 Å². The highest BCUT2D eigenvalue weighted by molar-refractivity contribution is 6.35. The quantitative estimate of drug-likeness (QED) is 0.887. The summed E-state index contributed by atoms with van der Waals surface area (Å²) in [5, 5.41) is 1.33. The van der Waals surface area contributed by atoms with Crippen molar-refractivity contribution in [3.63, 3.8) is 0 Å². The molecule has 0 saturated carbocycles. The molecule has 1 saturated heterocycles. The van der Waals surface area contributed by atoms with Gasteiger partial charge in [0, 0.05) is 22.2 Å². The van der Waals surface area contributed by atoms with Crippen molar-refractivity contribution in [2.24, 2.45) is 5.73 Å². The Morgan fingerprint density at radius 2 is 2.25 bits per heavy atom. The van der Waals surface area contributed by atoms with E-state index in [0.29, 0.717) is 10.0 Å². The monoisotopic (exact) mass is 259 g/mol. The van der Waals surface area contributed by atoms with Gasteiger partial charge < -0.3 is 10.5 Å². The van der Waals surface area contributed by atoms with Crippen LogP contribution in [0.5, 0.6) is 0 Å². The van der Waals surface area contributed by atoms with Gasteiger partial charge in [0.1, 0.15) is 0 Å². The van der Waals surface area contributed by atoms with E-state index in [1.807, 2.05) is 19.1 Å². The highest BCUT2D eigenvalue weighted by Gasteiger charge is 2.38. The van der Waals surface area contributed by atoms with Crippen LogP contribution in [0.4, 0.5) is 0 Å². The molecule has 1 heterocycles. The van der Waals surface area contributed by atoms with Gasteiger partial charge in [0.05, 0.1) is 6.10 Å². The van der Waals surface area contributed by atoms with Gasteiger partial charge in [-0.2, -0.15) is 0 Å². The average molecular weight is 260 g/mol. The van der Waals surface area contributed by atoms with Crippen molar-refractivity contribution in [3.8, 4) is 0 Å². The predicted molar refractivity (Wildman–Crippen MR) is 67.1 cm³/mol. The topological polar surface area (TPSA) is 35.2 Å². The fraction of sp³-hybridized carbons (Fsp3) is 0.500. The van der Waals surface area contributed by atoms with E-state index in [1.165, 1.54) is 0 Å². The number of nitrogens with two attached hydrogens (primary N) is 1. The van der Waals surface area contributed by atoms with Crippen LogP contribution in [0, 0.1) is 0 Å². The van der Waals surface area contributed by atoms with Gasteiger partial charge in [0.15, 0.2) is 0 Å². The Balaban J connectivity index is 2.20. The van der Waals surface area contributed by atoms with Crippen LogP contribution in [0.1, 0.15) is 18.9 Å².